The lowest BCUT2D eigenvalue weighted by Crippen LogP contribution is -2.21. The highest BCUT2D eigenvalue weighted by Crippen LogP contribution is 2.18. The summed E-state index contributed by atoms with van der Waals surface area (Å²) < 4.78 is 9.95. The Bertz CT molecular complexity index is 574. The average Bonchev–Trinajstić information content (AvgIpc) is 2.82. The molecule has 1 aliphatic heterocycles. The molecule has 1 aliphatic rings. The number of furan rings is 1. The highest BCUT2D eigenvalue weighted by Gasteiger charge is 2.21. The van der Waals surface area contributed by atoms with Crippen molar-refractivity contribution in [2.45, 2.75) is 6.92 Å². The van der Waals surface area contributed by atoms with Crippen LogP contribution in [0, 0.1) is 6.92 Å². The molecule has 2 rings (SSSR count). The number of nitrogens with one attached hydrogen (secondary N) is 2. The molecule has 1 amide bonds. The molecule has 94 valence electrons. The highest BCUT2D eigenvalue weighted by atomic mass is 32.1. The Labute approximate surface area is 108 Å². The van der Waals surface area contributed by atoms with Crippen LogP contribution in [0.2, 0.25) is 0 Å². The van der Waals surface area contributed by atoms with E-state index >= 15 is 0 Å². The van der Waals surface area contributed by atoms with Crippen LogP contribution in [0.1, 0.15) is 21.9 Å². The van der Waals surface area contributed by atoms with Gasteiger partial charge in [0.05, 0.1) is 7.11 Å². The van der Waals surface area contributed by atoms with Crippen molar-refractivity contribution in [2.24, 2.45) is 0 Å². The minimum Gasteiger partial charge on any atom is -0.465 e. The fraction of sp³-hybridized carbons (Fsp3) is 0.182. The molecule has 1 fully saturated rings. The minimum atomic E-state index is -0.486. The van der Waals surface area contributed by atoms with Crippen LogP contribution in [0.25, 0.3) is 6.08 Å². The number of amides is 1. The number of esters is 1. The van der Waals surface area contributed by atoms with Crippen molar-refractivity contribution >= 4 is 35.3 Å². The van der Waals surface area contributed by atoms with E-state index in [0.717, 1.165) is 0 Å². The molecule has 18 heavy (non-hydrogen) atoms. The maximum atomic E-state index is 11.4. The number of thiocarbonyl (C=S) groups is 1. The topological polar surface area (TPSA) is 80.6 Å². The second-order valence-corrected chi connectivity index (χ2v) is 3.98. The van der Waals surface area contributed by atoms with Gasteiger partial charge < -0.3 is 14.5 Å². The molecule has 1 aromatic rings. The minimum absolute atomic E-state index is 0.239. The van der Waals surface area contributed by atoms with E-state index in [2.05, 4.69) is 15.4 Å². The van der Waals surface area contributed by atoms with Gasteiger partial charge in [-0.25, -0.2) is 4.79 Å². The first-order valence-corrected chi connectivity index (χ1v) is 5.45. The van der Waals surface area contributed by atoms with Crippen molar-refractivity contribution in [3.05, 3.63) is 28.8 Å². The number of rotatable bonds is 2. The maximum absolute atomic E-state index is 11.4. The third-order valence-corrected chi connectivity index (χ3v) is 2.55. The van der Waals surface area contributed by atoms with Crippen molar-refractivity contribution in [1.82, 2.24) is 10.6 Å². The van der Waals surface area contributed by atoms with Gasteiger partial charge in [0.1, 0.15) is 22.8 Å². The fourth-order valence-corrected chi connectivity index (χ4v) is 1.72. The molecule has 0 aromatic carbocycles. The number of ether oxygens (including phenoxy) is 1. The summed E-state index contributed by atoms with van der Waals surface area (Å²) in [5.74, 6) is -0.0288. The van der Waals surface area contributed by atoms with Crippen LogP contribution >= 0.6 is 12.2 Å². The molecule has 0 spiro atoms. The van der Waals surface area contributed by atoms with Crippen molar-refractivity contribution in [2.75, 3.05) is 7.11 Å². The van der Waals surface area contributed by atoms with Gasteiger partial charge in [0.25, 0.3) is 5.91 Å². The van der Waals surface area contributed by atoms with Crippen LogP contribution in [-0.2, 0) is 9.53 Å². The lowest BCUT2D eigenvalue weighted by Gasteiger charge is -1.93. The van der Waals surface area contributed by atoms with Crippen molar-refractivity contribution in [1.29, 1.82) is 0 Å². The fourth-order valence-electron chi connectivity index (χ4n) is 1.51. The molecule has 1 saturated heterocycles. The quantitative estimate of drug-likeness (QED) is 0.466. The molecule has 0 bridgehead atoms. The summed E-state index contributed by atoms with van der Waals surface area (Å²) in [5.41, 5.74) is 0.593. The number of carbonyl (C=O) groups excluding carboxylic acids is 2. The van der Waals surface area contributed by atoms with Gasteiger partial charge in [0, 0.05) is 6.08 Å². The Morgan fingerprint density at radius 2 is 2.22 bits per heavy atom. The van der Waals surface area contributed by atoms with Gasteiger partial charge in [-0.15, -0.1) is 0 Å². The Balaban J connectivity index is 2.31. The molecule has 1 aromatic heterocycles. The molecule has 0 unspecified atom stereocenters. The third kappa shape index (κ3) is 2.25. The summed E-state index contributed by atoms with van der Waals surface area (Å²) in [6.45, 7) is 1.64. The Morgan fingerprint density at radius 3 is 2.78 bits per heavy atom. The van der Waals surface area contributed by atoms with E-state index in [0.29, 0.717) is 17.1 Å². The predicted molar refractivity (Wildman–Crippen MR) is 66.6 cm³/mol. The number of carbonyl (C=O) groups is 2. The van der Waals surface area contributed by atoms with E-state index in [9.17, 15) is 9.59 Å². The lowest BCUT2D eigenvalue weighted by molar-refractivity contribution is -0.115. The van der Waals surface area contributed by atoms with Gasteiger partial charge in [0.15, 0.2) is 5.11 Å². The standard InChI is InChI=1S/C11H10N2O4S/c1-5-7(10(15)16-2)3-6(17-5)4-8-9(14)13-11(18)12-8/h3-4H,1-2H3,(H2,12,13,14,18)/b8-4-. The van der Waals surface area contributed by atoms with Crippen LogP contribution in [0.3, 0.4) is 0 Å². The first-order valence-electron chi connectivity index (χ1n) is 5.04. The zero-order chi connectivity index (χ0) is 13.3. The summed E-state index contributed by atoms with van der Waals surface area (Å²) in [4.78, 5) is 22.8. The average molecular weight is 266 g/mol. The second-order valence-electron chi connectivity index (χ2n) is 3.58. The number of hydrogen-bond donors (Lipinski definition) is 2. The monoisotopic (exact) mass is 266 g/mol. The SMILES string of the molecule is COC(=O)c1cc(/C=C2\NC(=S)NC2=O)oc1C. The van der Waals surface area contributed by atoms with E-state index < -0.39 is 5.97 Å². The molecule has 2 heterocycles. The van der Waals surface area contributed by atoms with E-state index in [1.54, 1.807) is 6.92 Å². The molecular formula is C11H10N2O4S. The van der Waals surface area contributed by atoms with E-state index in [1.807, 2.05) is 0 Å². The Kier molecular flexibility index (Phi) is 3.15. The van der Waals surface area contributed by atoms with Gasteiger partial charge in [0.2, 0.25) is 0 Å². The van der Waals surface area contributed by atoms with Gasteiger partial charge in [-0.05, 0) is 25.2 Å². The van der Waals surface area contributed by atoms with Gasteiger partial charge in [-0.2, -0.15) is 0 Å². The molecule has 7 heteroatoms. The summed E-state index contributed by atoms with van der Waals surface area (Å²) >= 11 is 4.79. The summed E-state index contributed by atoms with van der Waals surface area (Å²) in [6.07, 6.45) is 1.47. The number of methoxy groups -OCH3 is 1. The zero-order valence-corrected chi connectivity index (χ0v) is 10.5. The first-order chi connectivity index (χ1) is 8.51. The summed E-state index contributed by atoms with van der Waals surface area (Å²) in [7, 11) is 1.29. The van der Waals surface area contributed by atoms with Crippen LogP contribution in [-0.4, -0.2) is 24.1 Å². The smallest absolute Gasteiger partial charge is 0.341 e. The Hall–Kier alpha value is -2.15. The van der Waals surface area contributed by atoms with Crippen molar-refractivity contribution in [3.8, 4) is 0 Å². The zero-order valence-electron chi connectivity index (χ0n) is 9.70. The van der Waals surface area contributed by atoms with Gasteiger partial charge in [-0.1, -0.05) is 0 Å². The number of aryl methyl sites for hydroxylation is 1. The summed E-state index contributed by atoms with van der Waals surface area (Å²) in [6, 6.07) is 1.50. The third-order valence-electron chi connectivity index (χ3n) is 2.35. The van der Waals surface area contributed by atoms with Gasteiger partial charge >= 0.3 is 5.97 Å². The van der Waals surface area contributed by atoms with E-state index in [-0.39, 0.29) is 16.7 Å². The van der Waals surface area contributed by atoms with Crippen LogP contribution in [0.15, 0.2) is 16.2 Å². The molecular weight excluding hydrogens is 256 g/mol. The Morgan fingerprint density at radius 1 is 1.50 bits per heavy atom. The molecule has 6 nitrogen and oxygen atoms in total. The predicted octanol–water partition coefficient (Wildman–Crippen LogP) is 0.720. The van der Waals surface area contributed by atoms with Crippen LogP contribution < -0.4 is 10.6 Å². The molecule has 0 radical (unpaired) electrons. The maximum Gasteiger partial charge on any atom is 0.341 e. The molecule has 0 aliphatic carbocycles. The van der Waals surface area contributed by atoms with E-state index in [4.69, 9.17) is 16.6 Å². The van der Waals surface area contributed by atoms with E-state index in [1.165, 1.54) is 19.3 Å². The van der Waals surface area contributed by atoms with Gasteiger partial charge in [-0.3, -0.25) is 10.1 Å². The second kappa shape index (κ2) is 4.61. The molecule has 0 atom stereocenters. The van der Waals surface area contributed by atoms with Crippen molar-refractivity contribution < 1.29 is 18.7 Å². The number of hydrogen-bond acceptors (Lipinski definition) is 5. The first kappa shape index (κ1) is 12.3. The molecule has 0 saturated carbocycles. The highest BCUT2D eigenvalue weighted by molar-refractivity contribution is 7.80. The largest absolute Gasteiger partial charge is 0.465 e. The van der Waals surface area contributed by atoms with Crippen LogP contribution in [0.4, 0.5) is 0 Å². The normalized spacial score (nSPS) is 16.7. The lowest BCUT2D eigenvalue weighted by atomic mass is 10.2. The van der Waals surface area contributed by atoms with Crippen LogP contribution in [0.5, 0.6) is 0 Å². The summed E-state index contributed by atoms with van der Waals surface area (Å²) in [5, 5.41) is 5.34. The van der Waals surface area contributed by atoms with Crippen molar-refractivity contribution in [3.63, 3.8) is 0 Å². The molecule has 2 N–H and O–H groups in total.